The Balaban J connectivity index is 2.72. The van der Waals surface area contributed by atoms with Crippen molar-refractivity contribution in [3.63, 3.8) is 0 Å². The summed E-state index contributed by atoms with van der Waals surface area (Å²) in [5.74, 6) is 0.635. The van der Waals surface area contributed by atoms with Gasteiger partial charge in [-0.25, -0.2) is 0 Å². The van der Waals surface area contributed by atoms with E-state index in [1.54, 1.807) is 7.05 Å². The molecular weight excluding hydrogens is 228 g/mol. The molecule has 0 bridgehead atoms. The number of carbonyl (C=O) groups is 1. The van der Waals surface area contributed by atoms with E-state index in [1.807, 2.05) is 19.1 Å². The quantitative estimate of drug-likeness (QED) is 0.806. The molecule has 18 heavy (non-hydrogen) atoms. The molecule has 1 aromatic carbocycles. The fourth-order valence-electron chi connectivity index (χ4n) is 1.52. The zero-order valence-corrected chi connectivity index (χ0v) is 11.5. The number of benzene rings is 1. The summed E-state index contributed by atoms with van der Waals surface area (Å²) in [6, 6.07) is 6.39. The van der Waals surface area contributed by atoms with Gasteiger partial charge in [0.15, 0.2) is 6.61 Å². The van der Waals surface area contributed by atoms with Gasteiger partial charge in [-0.1, -0.05) is 31.5 Å². The lowest BCUT2D eigenvalue weighted by atomic mass is 10.1. The van der Waals surface area contributed by atoms with Gasteiger partial charge in [0.05, 0.1) is 0 Å². The number of hydrogen-bond donors (Lipinski definition) is 2. The van der Waals surface area contributed by atoms with E-state index in [2.05, 4.69) is 30.5 Å². The van der Waals surface area contributed by atoms with Crippen LogP contribution in [-0.4, -0.2) is 25.6 Å². The average Bonchev–Trinajstić information content (AvgIpc) is 2.34. The Kier molecular flexibility index (Phi) is 5.65. The van der Waals surface area contributed by atoms with Crippen LogP contribution in [0, 0.1) is 6.92 Å². The Morgan fingerprint density at radius 2 is 2.11 bits per heavy atom. The van der Waals surface area contributed by atoms with Crippen molar-refractivity contribution >= 4 is 5.91 Å². The maximum absolute atomic E-state index is 11.2. The van der Waals surface area contributed by atoms with Crippen LogP contribution in [0.15, 0.2) is 18.2 Å². The molecule has 1 amide bonds. The number of aryl methyl sites for hydroxylation is 1. The van der Waals surface area contributed by atoms with Gasteiger partial charge in [0.2, 0.25) is 0 Å². The molecule has 0 unspecified atom stereocenters. The molecule has 0 aliphatic carbocycles. The van der Waals surface area contributed by atoms with Crippen LogP contribution in [0.25, 0.3) is 0 Å². The first kappa shape index (κ1) is 14.5. The standard InChI is InChI=1S/C14H22N2O2/c1-10(2)16-8-12-7-11(3)5-6-13(12)18-9-14(17)15-4/h5-7,10,16H,8-9H2,1-4H3,(H,15,17). The molecule has 0 saturated heterocycles. The van der Waals surface area contributed by atoms with Crippen molar-refractivity contribution in [2.24, 2.45) is 0 Å². The predicted molar refractivity (Wildman–Crippen MR) is 72.7 cm³/mol. The van der Waals surface area contributed by atoms with E-state index in [0.717, 1.165) is 17.9 Å². The van der Waals surface area contributed by atoms with Gasteiger partial charge in [-0.3, -0.25) is 4.79 Å². The van der Waals surface area contributed by atoms with Gasteiger partial charge in [0.25, 0.3) is 5.91 Å². The minimum Gasteiger partial charge on any atom is -0.483 e. The maximum Gasteiger partial charge on any atom is 0.257 e. The van der Waals surface area contributed by atoms with E-state index in [0.29, 0.717) is 6.04 Å². The first-order valence-electron chi connectivity index (χ1n) is 6.19. The smallest absolute Gasteiger partial charge is 0.257 e. The van der Waals surface area contributed by atoms with Crippen LogP contribution in [0.3, 0.4) is 0 Å². The summed E-state index contributed by atoms with van der Waals surface area (Å²) in [5, 5.41) is 5.89. The summed E-state index contributed by atoms with van der Waals surface area (Å²) in [6.07, 6.45) is 0. The summed E-state index contributed by atoms with van der Waals surface area (Å²) in [5.41, 5.74) is 2.26. The molecule has 4 nitrogen and oxygen atoms in total. The number of hydrogen-bond acceptors (Lipinski definition) is 3. The number of amides is 1. The molecule has 2 N–H and O–H groups in total. The van der Waals surface area contributed by atoms with E-state index in [-0.39, 0.29) is 12.5 Å². The van der Waals surface area contributed by atoms with Crippen molar-refractivity contribution in [1.82, 2.24) is 10.6 Å². The van der Waals surface area contributed by atoms with E-state index in [9.17, 15) is 4.79 Å². The number of ether oxygens (including phenoxy) is 1. The summed E-state index contributed by atoms with van der Waals surface area (Å²) < 4.78 is 5.53. The van der Waals surface area contributed by atoms with E-state index < -0.39 is 0 Å². The highest BCUT2D eigenvalue weighted by Gasteiger charge is 2.07. The molecule has 0 atom stereocenters. The second kappa shape index (κ2) is 7.01. The molecule has 1 rings (SSSR count). The minimum atomic E-state index is -0.127. The number of rotatable bonds is 6. The fraction of sp³-hybridized carbons (Fsp3) is 0.500. The number of nitrogens with one attached hydrogen (secondary N) is 2. The monoisotopic (exact) mass is 250 g/mol. The molecule has 4 heteroatoms. The molecule has 100 valence electrons. The van der Waals surface area contributed by atoms with Gasteiger partial charge in [0.1, 0.15) is 5.75 Å². The van der Waals surface area contributed by atoms with E-state index >= 15 is 0 Å². The topological polar surface area (TPSA) is 50.4 Å². The van der Waals surface area contributed by atoms with E-state index in [4.69, 9.17) is 4.74 Å². The van der Waals surface area contributed by atoms with Gasteiger partial charge in [-0.05, 0) is 13.0 Å². The SMILES string of the molecule is CNC(=O)COc1ccc(C)cc1CNC(C)C. The van der Waals surface area contributed by atoms with Gasteiger partial charge >= 0.3 is 0 Å². The highest BCUT2D eigenvalue weighted by atomic mass is 16.5. The second-order valence-electron chi connectivity index (χ2n) is 4.61. The van der Waals surface area contributed by atoms with Crippen molar-refractivity contribution in [2.45, 2.75) is 33.4 Å². The van der Waals surface area contributed by atoms with E-state index in [1.165, 1.54) is 5.56 Å². The number of carbonyl (C=O) groups excluding carboxylic acids is 1. The lowest BCUT2D eigenvalue weighted by molar-refractivity contribution is -0.122. The van der Waals surface area contributed by atoms with Crippen LogP contribution in [0.1, 0.15) is 25.0 Å². The van der Waals surface area contributed by atoms with Crippen LogP contribution in [-0.2, 0) is 11.3 Å². The third kappa shape index (κ3) is 4.75. The van der Waals surface area contributed by atoms with Crippen molar-refractivity contribution in [1.29, 1.82) is 0 Å². The van der Waals surface area contributed by atoms with Crippen LogP contribution < -0.4 is 15.4 Å². The summed E-state index contributed by atoms with van der Waals surface area (Å²) in [7, 11) is 1.60. The molecule has 0 aliphatic heterocycles. The zero-order valence-electron chi connectivity index (χ0n) is 11.5. The molecule has 0 heterocycles. The Labute approximate surface area is 109 Å². The van der Waals surface area contributed by atoms with Crippen molar-refractivity contribution in [3.05, 3.63) is 29.3 Å². The van der Waals surface area contributed by atoms with Crippen LogP contribution in [0.4, 0.5) is 0 Å². The highest BCUT2D eigenvalue weighted by Crippen LogP contribution is 2.20. The molecule has 0 fully saturated rings. The second-order valence-corrected chi connectivity index (χ2v) is 4.61. The first-order chi connectivity index (χ1) is 8.52. The third-order valence-electron chi connectivity index (χ3n) is 2.55. The van der Waals surface area contributed by atoms with Crippen molar-refractivity contribution in [2.75, 3.05) is 13.7 Å². The van der Waals surface area contributed by atoms with Crippen molar-refractivity contribution < 1.29 is 9.53 Å². The Morgan fingerprint density at radius 3 is 2.72 bits per heavy atom. The Bertz CT molecular complexity index is 403. The predicted octanol–water partition coefficient (Wildman–Crippen LogP) is 1.62. The van der Waals surface area contributed by atoms with Gasteiger partial charge in [0, 0.05) is 25.2 Å². The normalized spacial score (nSPS) is 10.5. The van der Waals surface area contributed by atoms with Crippen LogP contribution in [0.2, 0.25) is 0 Å². The summed E-state index contributed by atoms with van der Waals surface area (Å²) in [4.78, 5) is 11.2. The number of likely N-dealkylation sites (N-methyl/N-ethyl adjacent to an activating group) is 1. The molecule has 0 radical (unpaired) electrons. The molecule has 1 aromatic rings. The lowest BCUT2D eigenvalue weighted by Gasteiger charge is -2.14. The molecule has 0 aromatic heterocycles. The summed E-state index contributed by atoms with van der Waals surface area (Å²) >= 11 is 0. The Hall–Kier alpha value is -1.55. The summed E-state index contributed by atoms with van der Waals surface area (Å²) in [6.45, 7) is 7.03. The molecule has 0 aliphatic rings. The largest absolute Gasteiger partial charge is 0.483 e. The first-order valence-corrected chi connectivity index (χ1v) is 6.19. The minimum absolute atomic E-state index is 0.0498. The lowest BCUT2D eigenvalue weighted by Crippen LogP contribution is -2.26. The van der Waals surface area contributed by atoms with Crippen LogP contribution in [0.5, 0.6) is 5.75 Å². The van der Waals surface area contributed by atoms with Crippen molar-refractivity contribution in [3.8, 4) is 5.75 Å². The average molecular weight is 250 g/mol. The maximum atomic E-state index is 11.2. The molecule has 0 spiro atoms. The van der Waals surface area contributed by atoms with Gasteiger partial charge < -0.3 is 15.4 Å². The highest BCUT2D eigenvalue weighted by molar-refractivity contribution is 5.77. The van der Waals surface area contributed by atoms with Gasteiger partial charge in [-0.15, -0.1) is 0 Å². The third-order valence-corrected chi connectivity index (χ3v) is 2.55. The van der Waals surface area contributed by atoms with Gasteiger partial charge in [-0.2, -0.15) is 0 Å². The fourth-order valence-corrected chi connectivity index (χ4v) is 1.52. The Morgan fingerprint density at radius 1 is 1.39 bits per heavy atom. The molecule has 0 saturated carbocycles. The van der Waals surface area contributed by atoms with Crippen LogP contribution >= 0.6 is 0 Å². The molecular formula is C14H22N2O2. The zero-order chi connectivity index (χ0) is 13.5.